The number of aliphatic hydroxyl groups is 3. The highest BCUT2D eigenvalue weighted by molar-refractivity contribution is 8.00. The zero-order chi connectivity index (χ0) is 35.9. The molecular formula is C36H46N4O7S. The maximum absolute atomic E-state index is 14.6. The van der Waals surface area contributed by atoms with Gasteiger partial charge < -0.3 is 36.4 Å². The van der Waals surface area contributed by atoms with Gasteiger partial charge in [-0.05, 0) is 50.2 Å². The van der Waals surface area contributed by atoms with Gasteiger partial charge in [0, 0.05) is 52.4 Å². The van der Waals surface area contributed by atoms with Gasteiger partial charge in [0.15, 0.2) is 11.4 Å². The summed E-state index contributed by atoms with van der Waals surface area (Å²) in [6.07, 6.45) is 0.120. The van der Waals surface area contributed by atoms with Crippen molar-refractivity contribution in [1.82, 2.24) is 4.90 Å². The molecule has 7 N–H and O–H groups in total. The molecule has 48 heavy (non-hydrogen) atoms. The Morgan fingerprint density at radius 1 is 1.08 bits per heavy atom. The Balaban J connectivity index is 1.68. The molecule has 2 aromatic carbocycles. The first kappa shape index (κ1) is 35.3. The van der Waals surface area contributed by atoms with Crippen LogP contribution in [0.4, 0.5) is 11.4 Å². The van der Waals surface area contributed by atoms with Crippen molar-refractivity contribution >= 4 is 40.6 Å². The molecule has 5 rings (SSSR count). The molecular weight excluding hydrogens is 632 g/mol. The van der Waals surface area contributed by atoms with Crippen molar-refractivity contribution in [2.75, 3.05) is 38.4 Å². The number of nitrogens with two attached hydrogens (primary N) is 1. The molecule has 0 aromatic heterocycles. The minimum absolute atomic E-state index is 0.0316. The molecule has 258 valence electrons. The van der Waals surface area contributed by atoms with Crippen molar-refractivity contribution in [3.63, 3.8) is 0 Å². The first-order chi connectivity index (χ1) is 22.1. The molecule has 2 aromatic rings. The number of nitrogens with zero attached hydrogens (tertiary/aromatic N) is 2. The molecule has 0 saturated carbocycles. The first-order valence-corrected chi connectivity index (χ1v) is 16.6. The van der Waals surface area contributed by atoms with Gasteiger partial charge in [-0.15, -0.1) is 11.8 Å². The number of benzene rings is 2. The summed E-state index contributed by atoms with van der Waals surface area (Å²) in [5.74, 6) is -5.11. The van der Waals surface area contributed by atoms with Gasteiger partial charge in [0.2, 0.25) is 5.78 Å². The Labute approximate surface area is 285 Å². The Bertz CT molecular complexity index is 1810. The number of rotatable bonds is 7. The molecule has 3 aliphatic carbocycles. The lowest BCUT2D eigenvalue weighted by molar-refractivity contribution is -0.169. The van der Waals surface area contributed by atoms with Crippen LogP contribution in [0, 0.1) is 10.8 Å². The van der Waals surface area contributed by atoms with E-state index >= 15 is 0 Å². The first-order valence-electron chi connectivity index (χ1n) is 15.8. The number of aromatic hydroxyl groups is 1. The van der Waals surface area contributed by atoms with Gasteiger partial charge in [0.25, 0.3) is 5.91 Å². The molecule has 4 atom stereocenters. The van der Waals surface area contributed by atoms with Gasteiger partial charge in [-0.3, -0.25) is 19.3 Å². The van der Waals surface area contributed by atoms with E-state index in [2.05, 4.69) is 26.1 Å². The van der Waals surface area contributed by atoms with Crippen LogP contribution in [-0.4, -0.2) is 87.4 Å². The van der Waals surface area contributed by atoms with E-state index < -0.39 is 57.0 Å². The van der Waals surface area contributed by atoms with Crippen molar-refractivity contribution in [2.45, 2.75) is 75.3 Å². The predicted molar refractivity (Wildman–Crippen MR) is 187 cm³/mol. The second kappa shape index (κ2) is 11.6. The number of carbonyl (C=O) groups excluding carboxylic acids is 3. The van der Waals surface area contributed by atoms with Crippen molar-refractivity contribution in [3.8, 4) is 5.75 Å². The fourth-order valence-corrected chi connectivity index (χ4v) is 9.26. The standard InChI is InChI=1S/C36H46N4O7S/c1-33(2,3)48-22-13-11-10-12-18(22)16-38-20-14-21(39(6)7)19-15-34(4)17-35(5)29(40(8)9)28(43)24(32(37)46)30(44)36(35,47)31(45)25(34)27(42)23(19)26(20)41/h10-14,29,38,41,43,45,47H,15-17H2,1-9H3,(H2,37,46)/t29-,34?,35?,36+/m1/s1. The monoisotopic (exact) mass is 678 g/mol. The molecule has 1 amide bonds. The number of phenolic OH excluding ortho intramolecular Hbond substituents is 1. The van der Waals surface area contributed by atoms with Gasteiger partial charge >= 0.3 is 0 Å². The highest BCUT2D eigenvalue weighted by Crippen LogP contribution is 2.63. The molecule has 0 fully saturated rings. The molecule has 11 nitrogen and oxygen atoms in total. The number of ketones is 2. The second-order valence-corrected chi connectivity index (χ2v) is 17.0. The fraction of sp³-hybridized carbons (Fsp3) is 0.472. The maximum atomic E-state index is 14.6. The van der Waals surface area contributed by atoms with E-state index in [1.807, 2.05) is 43.3 Å². The van der Waals surface area contributed by atoms with Crippen LogP contribution in [-0.2, 0) is 22.6 Å². The SMILES string of the molecule is CN(C)c1cc(NCc2ccccc2SC(C)(C)C)c(O)c2c1CC1(C)CC3(C)[C@H](N(C)C)C(O)=C(C(N)=O)C(=O)[C@]3(O)C(O)=C1C2=O. The summed E-state index contributed by atoms with van der Waals surface area (Å²) in [6, 6.07) is 8.62. The van der Waals surface area contributed by atoms with Crippen LogP contribution >= 0.6 is 11.8 Å². The predicted octanol–water partition coefficient (Wildman–Crippen LogP) is 4.47. The summed E-state index contributed by atoms with van der Waals surface area (Å²) in [6.45, 7) is 10.0. The molecule has 2 unspecified atom stereocenters. The van der Waals surface area contributed by atoms with E-state index in [0.29, 0.717) is 23.5 Å². The summed E-state index contributed by atoms with van der Waals surface area (Å²) >= 11 is 1.72. The molecule has 0 radical (unpaired) electrons. The molecule has 3 aliphatic rings. The Kier molecular flexibility index (Phi) is 8.50. The van der Waals surface area contributed by atoms with Crippen LogP contribution in [0.25, 0.3) is 0 Å². The summed E-state index contributed by atoms with van der Waals surface area (Å²) in [4.78, 5) is 45.4. The van der Waals surface area contributed by atoms with Crippen LogP contribution in [0.15, 0.2) is 57.9 Å². The summed E-state index contributed by atoms with van der Waals surface area (Å²) in [5, 5.41) is 50.5. The third-order valence-electron chi connectivity index (χ3n) is 9.95. The topological polar surface area (TPSA) is 177 Å². The number of fused-ring (bicyclic) bond motifs is 3. The van der Waals surface area contributed by atoms with E-state index in [1.165, 1.54) is 0 Å². The van der Waals surface area contributed by atoms with Gasteiger partial charge in [-0.25, -0.2) is 0 Å². The van der Waals surface area contributed by atoms with Crippen molar-refractivity contribution < 1.29 is 34.8 Å². The van der Waals surface area contributed by atoms with Crippen LogP contribution in [0.1, 0.15) is 62.5 Å². The Morgan fingerprint density at radius 2 is 1.71 bits per heavy atom. The number of aliphatic hydroxyl groups excluding tert-OH is 2. The lowest BCUT2D eigenvalue weighted by Gasteiger charge is -2.59. The van der Waals surface area contributed by atoms with E-state index in [9.17, 15) is 34.8 Å². The van der Waals surface area contributed by atoms with Crippen molar-refractivity contribution in [1.29, 1.82) is 0 Å². The fourth-order valence-electron chi connectivity index (χ4n) is 8.19. The number of hydrogen-bond donors (Lipinski definition) is 6. The number of nitrogens with one attached hydrogen (secondary N) is 1. The zero-order valence-electron chi connectivity index (χ0n) is 29.0. The number of phenols is 1. The number of hydrogen-bond acceptors (Lipinski definition) is 11. The molecule has 0 heterocycles. The van der Waals surface area contributed by atoms with Gasteiger partial charge in [0.1, 0.15) is 22.8 Å². The number of anilines is 2. The quantitative estimate of drug-likeness (QED) is 0.138. The lowest BCUT2D eigenvalue weighted by Crippen LogP contribution is -2.70. The minimum Gasteiger partial charge on any atom is -0.510 e. The maximum Gasteiger partial charge on any atom is 0.255 e. The number of thioether (sulfide) groups is 1. The number of carbonyl (C=O) groups is 3. The highest BCUT2D eigenvalue weighted by atomic mass is 32.2. The van der Waals surface area contributed by atoms with Crippen LogP contribution in [0.2, 0.25) is 0 Å². The average molecular weight is 679 g/mol. The summed E-state index contributed by atoms with van der Waals surface area (Å²) < 4.78 is -0.0316. The normalized spacial score (nSPS) is 27.1. The highest BCUT2D eigenvalue weighted by Gasteiger charge is 2.71. The van der Waals surface area contributed by atoms with Crippen LogP contribution < -0.4 is 16.0 Å². The van der Waals surface area contributed by atoms with E-state index in [-0.39, 0.29) is 34.5 Å². The van der Waals surface area contributed by atoms with E-state index in [0.717, 1.165) is 10.5 Å². The molecule has 0 aliphatic heterocycles. The zero-order valence-corrected chi connectivity index (χ0v) is 29.8. The Hall–Kier alpha value is -4.00. The number of amides is 1. The number of primary amides is 1. The van der Waals surface area contributed by atoms with Gasteiger partial charge in [0.05, 0.1) is 17.3 Å². The molecule has 0 spiro atoms. The summed E-state index contributed by atoms with van der Waals surface area (Å²) in [5.41, 5.74) is 1.39. The molecule has 0 saturated heterocycles. The van der Waals surface area contributed by atoms with Crippen LogP contribution in [0.3, 0.4) is 0 Å². The second-order valence-electron chi connectivity index (χ2n) is 15.1. The Morgan fingerprint density at radius 3 is 2.27 bits per heavy atom. The lowest BCUT2D eigenvalue weighted by atomic mass is 9.47. The van der Waals surface area contributed by atoms with Crippen molar-refractivity contribution in [2.24, 2.45) is 16.6 Å². The number of allylic oxidation sites excluding steroid dienone is 1. The van der Waals surface area contributed by atoms with Gasteiger partial charge in [-0.2, -0.15) is 0 Å². The minimum atomic E-state index is -2.77. The van der Waals surface area contributed by atoms with Crippen LogP contribution in [0.5, 0.6) is 5.75 Å². The average Bonchev–Trinajstić information content (AvgIpc) is 2.94. The largest absolute Gasteiger partial charge is 0.510 e. The summed E-state index contributed by atoms with van der Waals surface area (Å²) in [7, 11) is 6.88. The van der Waals surface area contributed by atoms with Crippen molar-refractivity contribution in [3.05, 3.63) is 69.7 Å². The van der Waals surface area contributed by atoms with E-state index in [4.69, 9.17) is 5.73 Å². The molecule has 0 bridgehead atoms. The van der Waals surface area contributed by atoms with Gasteiger partial charge in [-0.1, -0.05) is 52.8 Å². The van der Waals surface area contributed by atoms with E-state index in [1.54, 1.807) is 50.7 Å². The third kappa shape index (κ3) is 5.16. The third-order valence-corrected chi connectivity index (χ3v) is 11.2. The number of Topliss-reactive ketones (excluding diaryl/α,β-unsaturated/α-hetero) is 2. The molecule has 12 heteroatoms. The number of likely N-dealkylation sites (N-methyl/N-ethyl adjacent to an activating group) is 1. The smallest absolute Gasteiger partial charge is 0.255 e.